The van der Waals surface area contributed by atoms with Crippen LogP contribution in [0.3, 0.4) is 0 Å². The number of nitrogens with zero attached hydrogens (tertiary/aromatic N) is 3. The third kappa shape index (κ3) is 2.70. The van der Waals surface area contributed by atoms with Gasteiger partial charge in [0.25, 0.3) is 0 Å². The second-order valence-corrected chi connectivity index (χ2v) is 4.65. The molecule has 2 aromatic heterocycles. The molecule has 0 unspecified atom stereocenters. The van der Waals surface area contributed by atoms with Crippen LogP contribution in [0.1, 0.15) is 12.7 Å². The van der Waals surface area contributed by atoms with E-state index >= 15 is 0 Å². The van der Waals surface area contributed by atoms with Crippen LogP contribution in [0, 0.1) is 0 Å². The molecule has 1 aromatic carbocycles. The Morgan fingerprint density at radius 3 is 2.90 bits per heavy atom. The Bertz CT molecular complexity index is 761. The summed E-state index contributed by atoms with van der Waals surface area (Å²) in [6, 6.07) is 11.2. The normalized spacial score (nSPS) is 10.7. The Kier molecular flexibility index (Phi) is 3.48. The van der Waals surface area contributed by atoms with Crippen LogP contribution in [0.15, 0.2) is 42.6 Å². The summed E-state index contributed by atoms with van der Waals surface area (Å²) in [7, 11) is 0. The number of hydrogen-bond acceptors (Lipinski definition) is 4. The van der Waals surface area contributed by atoms with Gasteiger partial charge in [0.2, 0.25) is 5.88 Å². The molecule has 3 aromatic rings. The van der Waals surface area contributed by atoms with Crippen LogP contribution in [0.4, 0.5) is 0 Å². The molecule has 0 saturated carbocycles. The average molecular weight is 286 g/mol. The number of aryl methyl sites for hydroxylation is 1. The third-order valence-corrected chi connectivity index (χ3v) is 3.03. The molecule has 2 heterocycles. The molecule has 0 aliphatic heterocycles. The zero-order valence-electron chi connectivity index (χ0n) is 10.9. The lowest BCUT2D eigenvalue weighted by atomic mass is 10.2. The molecule has 0 radical (unpaired) electrons. The van der Waals surface area contributed by atoms with Crippen molar-refractivity contribution in [1.82, 2.24) is 15.0 Å². The van der Waals surface area contributed by atoms with Crippen molar-refractivity contribution < 1.29 is 4.74 Å². The SMILES string of the molecule is CCc1nc(Cl)cc(Oc2ccc3cccnc3c2)n1. The number of ether oxygens (including phenoxy) is 1. The summed E-state index contributed by atoms with van der Waals surface area (Å²) in [5, 5.41) is 1.44. The summed E-state index contributed by atoms with van der Waals surface area (Å²) in [5.74, 6) is 1.77. The van der Waals surface area contributed by atoms with Gasteiger partial charge in [0.15, 0.2) is 0 Å². The second-order valence-electron chi connectivity index (χ2n) is 4.26. The van der Waals surface area contributed by atoms with Gasteiger partial charge in [-0.25, -0.2) is 4.98 Å². The largest absolute Gasteiger partial charge is 0.439 e. The van der Waals surface area contributed by atoms with E-state index in [1.54, 1.807) is 12.3 Å². The zero-order valence-corrected chi connectivity index (χ0v) is 11.6. The van der Waals surface area contributed by atoms with E-state index in [0.717, 1.165) is 10.9 Å². The van der Waals surface area contributed by atoms with Gasteiger partial charge in [-0.15, -0.1) is 0 Å². The molecule has 20 heavy (non-hydrogen) atoms. The lowest BCUT2D eigenvalue weighted by Crippen LogP contribution is -1.96. The fourth-order valence-electron chi connectivity index (χ4n) is 1.88. The van der Waals surface area contributed by atoms with Crippen molar-refractivity contribution in [2.24, 2.45) is 0 Å². The van der Waals surface area contributed by atoms with Gasteiger partial charge in [0, 0.05) is 30.1 Å². The molecule has 0 fully saturated rings. The van der Waals surface area contributed by atoms with Crippen molar-refractivity contribution in [2.75, 3.05) is 0 Å². The summed E-state index contributed by atoms with van der Waals surface area (Å²) in [6.45, 7) is 1.97. The Labute approximate surface area is 121 Å². The van der Waals surface area contributed by atoms with E-state index < -0.39 is 0 Å². The van der Waals surface area contributed by atoms with Crippen molar-refractivity contribution in [1.29, 1.82) is 0 Å². The average Bonchev–Trinajstić information content (AvgIpc) is 2.46. The van der Waals surface area contributed by atoms with E-state index in [4.69, 9.17) is 16.3 Å². The fourth-order valence-corrected chi connectivity index (χ4v) is 2.07. The van der Waals surface area contributed by atoms with E-state index in [2.05, 4.69) is 15.0 Å². The minimum atomic E-state index is 0.380. The molecular weight excluding hydrogens is 274 g/mol. The smallest absolute Gasteiger partial charge is 0.224 e. The first-order chi connectivity index (χ1) is 9.74. The van der Waals surface area contributed by atoms with Crippen molar-refractivity contribution in [3.8, 4) is 11.6 Å². The Hall–Kier alpha value is -2.20. The van der Waals surface area contributed by atoms with Crippen LogP contribution in [0.2, 0.25) is 5.15 Å². The van der Waals surface area contributed by atoms with Crippen LogP contribution in [0.25, 0.3) is 10.9 Å². The Morgan fingerprint density at radius 1 is 1.15 bits per heavy atom. The van der Waals surface area contributed by atoms with Gasteiger partial charge in [-0.05, 0) is 18.2 Å². The lowest BCUT2D eigenvalue weighted by molar-refractivity contribution is 0.459. The minimum Gasteiger partial charge on any atom is -0.439 e. The van der Waals surface area contributed by atoms with E-state index in [1.807, 2.05) is 37.3 Å². The number of halogens is 1. The molecule has 0 saturated heterocycles. The van der Waals surface area contributed by atoms with Gasteiger partial charge in [-0.1, -0.05) is 24.6 Å². The van der Waals surface area contributed by atoms with Crippen molar-refractivity contribution >= 4 is 22.5 Å². The first-order valence-corrected chi connectivity index (χ1v) is 6.68. The molecule has 3 rings (SSSR count). The summed E-state index contributed by atoms with van der Waals surface area (Å²) >= 11 is 5.95. The molecule has 0 bridgehead atoms. The van der Waals surface area contributed by atoms with Gasteiger partial charge in [0.05, 0.1) is 5.52 Å². The predicted molar refractivity (Wildman–Crippen MR) is 78.2 cm³/mol. The Balaban J connectivity index is 1.94. The molecule has 0 aliphatic carbocycles. The topological polar surface area (TPSA) is 47.9 Å². The van der Waals surface area contributed by atoms with Gasteiger partial charge >= 0.3 is 0 Å². The highest BCUT2D eigenvalue weighted by molar-refractivity contribution is 6.29. The highest BCUT2D eigenvalue weighted by Crippen LogP contribution is 2.24. The standard InChI is InChI=1S/C15H12ClN3O/c1-2-14-18-13(16)9-15(19-14)20-11-6-5-10-4-3-7-17-12(10)8-11/h3-9H,2H2,1H3. The number of hydrogen-bond donors (Lipinski definition) is 0. The third-order valence-electron chi connectivity index (χ3n) is 2.83. The summed E-state index contributed by atoms with van der Waals surface area (Å²) in [5.41, 5.74) is 0.876. The molecule has 4 nitrogen and oxygen atoms in total. The number of aromatic nitrogens is 3. The number of rotatable bonds is 3. The molecule has 0 amide bonds. The second kappa shape index (κ2) is 5.43. The van der Waals surface area contributed by atoms with Crippen LogP contribution >= 0.6 is 11.6 Å². The molecule has 0 N–H and O–H groups in total. The molecule has 5 heteroatoms. The fraction of sp³-hybridized carbons (Fsp3) is 0.133. The maximum atomic E-state index is 5.95. The summed E-state index contributed by atoms with van der Waals surface area (Å²) in [6.07, 6.45) is 2.46. The molecule has 0 spiro atoms. The van der Waals surface area contributed by atoms with Crippen LogP contribution in [0.5, 0.6) is 11.6 Å². The van der Waals surface area contributed by atoms with Gasteiger partial charge in [-0.2, -0.15) is 4.98 Å². The van der Waals surface area contributed by atoms with Gasteiger partial charge in [0.1, 0.15) is 16.7 Å². The van der Waals surface area contributed by atoms with Crippen molar-refractivity contribution in [3.05, 3.63) is 53.6 Å². The maximum Gasteiger partial charge on any atom is 0.224 e. The van der Waals surface area contributed by atoms with E-state index in [-0.39, 0.29) is 0 Å². The lowest BCUT2D eigenvalue weighted by Gasteiger charge is -2.07. The number of pyridine rings is 1. The molecular formula is C15H12ClN3O. The predicted octanol–water partition coefficient (Wildman–Crippen LogP) is 4.03. The number of benzene rings is 1. The van der Waals surface area contributed by atoms with Gasteiger partial charge in [-0.3, -0.25) is 4.98 Å². The molecule has 0 atom stereocenters. The minimum absolute atomic E-state index is 0.380. The van der Waals surface area contributed by atoms with Crippen molar-refractivity contribution in [3.63, 3.8) is 0 Å². The van der Waals surface area contributed by atoms with E-state index in [9.17, 15) is 0 Å². The van der Waals surface area contributed by atoms with Crippen LogP contribution in [-0.4, -0.2) is 15.0 Å². The summed E-state index contributed by atoms with van der Waals surface area (Å²) in [4.78, 5) is 12.7. The van der Waals surface area contributed by atoms with E-state index in [1.165, 1.54) is 0 Å². The van der Waals surface area contributed by atoms with Crippen molar-refractivity contribution in [2.45, 2.75) is 13.3 Å². The molecule has 100 valence electrons. The maximum absolute atomic E-state index is 5.95. The first kappa shape index (κ1) is 12.8. The highest BCUT2D eigenvalue weighted by Gasteiger charge is 2.05. The van der Waals surface area contributed by atoms with E-state index in [0.29, 0.717) is 29.0 Å². The van der Waals surface area contributed by atoms with Crippen LogP contribution in [-0.2, 0) is 6.42 Å². The Morgan fingerprint density at radius 2 is 2.05 bits per heavy atom. The first-order valence-electron chi connectivity index (χ1n) is 6.30. The quantitative estimate of drug-likeness (QED) is 0.682. The monoisotopic (exact) mass is 285 g/mol. The van der Waals surface area contributed by atoms with Gasteiger partial charge < -0.3 is 4.74 Å². The summed E-state index contributed by atoms with van der Waals surface area (Å²) < 4.78 is 5.73. The van der Waals surface area contributed by atoms with Crippen LogP contribution < -0.4 is 4.74 Å². The number of fused-ring (bicyclic) bond motifs is 1. The highest BCUT2D eigenvalue weighted by atomic mass is 35.5. The zero-order chi connectivity index (χ0) is 13.9. The molecule has 0 aliphatic rings.